The molecule has 0 radical (unpaired) electrons. The van der Waals surface area contributed by atoms with E-state index < -0.39 is 0 Å². The van der Waals surface area contributed by atoms with Crippen LogP contribution in [-0.4, -0.2) is 15.3 Å². The first-order valence-corrected chi connectivity index (χ1v) is 10.5. The van der Waals surface area contributed by atoms with Crippen molar-refractivity contribution in [2.24, 2.45) is 0 Å². The average Bonchev–Trinajstić information content (AvgIpc) is 3.21. The summed E-state index contributed by atoms with van der Waals surface area (Å²) in [5.41, 5.74) is 3.62. The molecule has 1 N–H and O–H groups in total. The molecule has 0 aliphatic heterocycles. The fourth-order valence-electron chi connectivity index (χ4n) is 2.93. The van der Waals surface area contributed by atoms with Gasteiger partial charge in [0.2, 0.25) is 0 Å². The molecular formula is C24H20FN3O2S. The van der Waals surface area contributed by atoms with Crippen LogP contribution < -0.4 is 10.1 Å². The largest absolute Gasteiger partial charge is 0.430 e. The summed E-state index contributed by atoms with van der Waals surface area (Å²) in [4.78, 5) is 16.9. The minimum absolute atomic E-state index is 0.243. The van der Waals surface area contributed by atoms with Gasteiger partial charge in [-0.15, -0.1) is 0 Å². The van der Waals surface area contributed by atoms with Crippen molar-refractivity contribution in [2.45, 2.75) is 19.9 Å². The van der Waals surface area contributed by atoms with Crippen molar-refractivity contribution in [1.29, 1.82) is 0 Å². The normalized spacial score (nSPS) is 10.6. The third kappa shape index (κ3) is 5.73. The first-order chi connectivity index (χ1) is 15.0. The van der Waals surface area contributed by atoms with Crippen LogP contribution in [0.25, 0.3) is 0 Å². The van der Waals surface area contributed by atoms with Crippen LogP contribution in [-0.2, 0) is 13.0 Å². The zero-order chi connectivity index (χ0) is 21.6. The highest BCUT2D eigenvalue weighted by molar-refractivity contribution is 7.07. The van der Waals surface area contributed by atoms with Crippen LogP contribution in [0.15, 0.2) is 72.8 Å². The van der Waals surface area contributed by atoms with E-state index in [2.05, 4.69) is 38.9 Å². The monoisotopic (exact) mass is 433 g/mol. The summed E-state index contributed by atoms with van der Waals surface area (Å²) < 4.78 is 23.2. The van der Waals surface area contributed by atoms with E-state index in [4.69, 9.17) is 4.74 Å². The van der Waals surface area contributed by atoms with E-state index in [1.54, 1.807) is 36.4 Å². The number of hydrogen-bond acceptors (Lipinski definition) is 5. The Labute approximate surface area is 183 Å². The fourth-order valence-corrected chi connectivity index (χ4v) is 3.50. The van der Waals surface area contributed by atoms with Crippen molar-refractivity contribution in [3.63, 3.8) is 0 Å². The van der Waals surface area contributed by atoms with Gasteiger partial charge in [0.05, 0.1) is 0 Å². The minimum atomic E-state index is -0.307. The Hall–Kier alpha value is -3.58. The highest BCUT2D eigenvalue weighted by atomic mass is 32.1. The van der Waals surface area contributed by atoms with E-state index in [0.717, 1.165) is 11.1 Å². The number of carbonyl (C=O) groups is 1. The van der Waals surface area contributed by atoms with Gasteiger partial charge < -0.3 is 10.1 Å². The third-order valence-corrected chi connectivity index (χ3v) is 5.23. The molecule has 0 unspecified atom stereocenters. The van der Waals surface area contributed by atoms with Crippen LogP contribution in [0.3, 0.4) is 0 Å². The Morgan fingerprint density at radius 3 is 2.55 bits per heavy atom. The number of benzene rings is 3. The Bertz CT molecular complexity index is 1170. The standard InChI is InChI=1S/C24H20FN3O2S/c1-16-5-7-17(8-6-16)13-22-27-24(31-28-22)30-21-4-2-3-19(14-21)23(29)26-15-18-9-11-20(25)12-10-18/h2-12,14H,13,15H2,1H3,(H,26,29). The van der Waals surface area contributed by atoms with E-state index in [9.17, 15) is 9.18 Å². The predicted octanol–water partition coefficient (Wildman–Crippen LogP) is 5.30. The zero-order valence-electron chi connectivity index (χ0n) is 16.8. The quantitative estimate of drug-likeness (QED) is 0.430. The van der Waals surface area contributed by atoms with Crippen molar-refractivity contribution in [2.75, 3.05) is 0 Å². The molecule has 0 spiro atoms. The number of nitrogens with zero attached hydrogens (tertiary/aromatic N) is 2. The van der Waals surface area contributed by atoms with E-state index >= 15 is 0 Å². The molecule has 4 aromatic rings. The van der Waals surface area contributed by atoms with Gasteiger partial charge in [-0.2, -0.15) is 9.36 Å². The lowest BCUT2D eigenvalue weighted by Gasteiger charge is -2.07. The Balaban J connectivity index is 1.37. The average molecular weight is 434 g/mol. The van der Waals surface area contributed by atoms with Crippen molar-refractivity contribution in [3.05, 3.63) is 107 Å². The molecule has 0 saturated carbocycles. The molecule has 0 aliphatic rings. The number of aromatic nitrogens is 2. The molecule has 0 bridgehead atoms. The van der Waals surface area contributed by atoms with Crippen LogP contribution in [0, 0.1) is 12.7 Å². The fraction of sp³-hybridized carbons (Fsp3) is 0.125. The maximum atomic E-state index is 13.0. The zero-order valence-corrected chi connectivity index (χ0v) is 17.7. The van der Waals surface area contributed by atoms with Crippen molar-refractivity contribution < 1.29 is 13.9 Å². The summed E-state index contributed by atoms with van der Waals surface area (Å²) in [7, 11) is 0. The Morgan fingerprint density at radius 2 is 1.77 bits per heavy atom. The second kappa shape index (κ2) is 9.49. The predicted molar refractivity (Wildman–Crippen MR) is 118 cm³/mol. The van der Waals surface area contributed by atoms with Gasteiger partial charge >= 0.3 is 0 Å². The lowest BCUT2D eigenvalue weighted by Crippen LogP contribution is -2.22. The van der Waals surface area contributed by atoms with Crippen LogP contribution in [0.2, 0.25) is 0 Å². The molecule has 0 aliphatic carbocycles. The number of halogens is 1. The summed E-state index contributed by atoms with van der Waals surface area (Å²) in [5.74, 6) is 0.648. The van der Waals surface area contributed by atoms with Crippen molar-refractivity contribution in [3.8, 4) is 10.9 Å². The van der Waals surface area contributed by atoms with Gasteiger partial charge in [-0.05, 0) is 48.4 Å². The smallest absolute Gasteiger partial charge is 0.298 e. The molecule has 1 aromatic heterocycles. The number of carbonyl (C=O) groups excluding carboxylic acids is 1. The van der Waals surface area contributed by atoms with Gasteiger partial charge in [0.15, 0.2) is 5.82 Å². The minimum Gasteiger partial charge on any atom is -0.430 e. The molecule has 156 valence electrons. The van der Waals surface area contributed by atoms with Crippen LogP contribution >= 0.6 is 11.5 Å². The second-order valence-electron chi connectivity index (χ2n) is 7.08. The van der Waals surface area contributed by atoms with Gasteiger partial charge in [0.25, 0.3) is 11.1 Å². The lowest BCUT2D eigenvalue weighted by atomic mass is 10.1. The van der Waals surface area contributed by atoms with Gasteiger partial charge in [-0.25, -0.2) is 4.39 Å². The number of hydrogen-bond donors (Lipinski definition) is 1. The molecule has 7 heteroatoms. The number of aryl methyl sites for hydroxylation is 1. The molecule has 31 heavy (non-hydrogen) atoms. The molecule has 0 fully saturated rings. The second-order valence-corrected chi connectivity index (χ2v) is 7.79. The molecule has 0 atom stereocenters. The molecule has 0 saturated heterocycles. The third-order valence-electron chi connectivity index (χ3n) is 4.60. The van der Waals surface area contributed by atoms with Crippen molar-refractivity contribution in [1.82, 2.24) is 14.7 Å². The highest BCUT2D eigenvalue weighted by Gasteiger charge is 2.10. The summed E-state index contributed by atoms with van der Waals surface area (Å²) >= 11 is 1.18. The summed E-state index contributed by atoms with van der Waals surface area (Å²) in [6, 6.07) is 21.1. The first-order valence-electron chi connectivity index (χ1n) is 9.74. The highest BCUT2D eigenvalue weighted by Crippen LogP contribution is 2.25. The molecule has 3 aromatic carbocycles. The van der Waals surface area contributed by atoms with Crippen LogP contribution in [0.1, 0.15) is 32.9 Å². The van der Waals surface area contributed by atoms with Crippen LogP contribution in [0.4, 0.5) is 4.39 Å². The number of ether oxygens (including phenoxy) is 1. The van der Waals surface area contributed by atoms with Crippen molar-refractivity contribution >= 4 is 17.4 Å². The summed E-state index contributed by atoms with van der Waals surface area (Å²) in [6.07, 6.45) is 0.631. The van der Waals surface area contributed by atoms with E-state index in [-0.39, 0.29) is 11.7 Å². The van der Waals surface area contributed by atoms with Crippen LogP contribution in [0.5, 0.6) is 10.9 Å². The van der Waals surface area contributed by atoms with Gasteiger partial charge in [-0.3, -0.25) is 4.79 Å². The molecule has 1 heterocycles. The first kappa shape index (κ1) is 20.7. The summed E-state index contributed by atoms with van der Waals surface area (Å²) in [6.45, 7) is 2.36. The summed E-state index contributed by atoms with van der Waals surface area (Å²) in [5, 5.41) is 3.24. The van der Waals surface area contributed by atoms with E-state index in [0.29, 0.717) is 35.3 Å². The number of nitrogens with one attached hydrogen (secondary N) is 1. The van der Waals surface area contributed by atoms with E-state index in [1.165, 1.54) is 29.2 Å². The Morgan fingerprint density at radius 1 is 1.03 bits per heavy atom. The number of rotatable bonds is 7. The lowest BCUT2D eigenvalue weighted by molar-refractivity contribution is 0.0950. The Kier molecular flexibility index (Phi) is 6.33. The molecule has 1 amide bonds. The molecular weight excluding hydrogens is 413 g/mol. The molecule has 4 rings (SSSR count). The van der Waals surface area contributed by atoms with Gasteiger partial charge in [-0.1, -0.05) is 48.0 Å². The van der Waals surface area contributed by atoms with Gasteiger partial charge in [0.1, 0.15) is 11.6 Å². The maximum absolute atomic E-state index is 13.0. The maximum Gasteiger partial charge on any atom is 0.298 e. The van der Waals surface area contributed by atoms with Gasteiger partial charge in [0, 0.05) is 30.1 Å². The topological polar surface area (TPSA) is 64.1 Å². The van der Waals surface area contributed by atoms with E-state index in [1.807, 2.05) is 6.92 Å². The SMILES string of the molecule is Cc1ccc(Cc2nsc(Oc3cccc(C(=O)NCc4ccc(F)cc4)c3)n2)cc1. The number of amides is 1. The molecule has 5 nitrogen and oxygen atoms in total.